The number of anilines is 1. The topological polar surface area (TPSA) is 61.0 Å². The van der Waals surface area contributed by atoms with Gasteiger partial charge >= 0.3 is 0 Å². The Balaban J connectivity index is 2.60. The largest absolute Gasteiger partial charge is 0.473 e. The van der Waals surface area contributed by atoms with Crippen molar-refractivity contribution >= 4 is 11.9 Å². The molecule has 0 atom stereocenters. The Morgan fingerprint density at radius 2 is 2.36 bits per heavy atom. The first-order chi connectivity index (χ1) is 5.38. The fraction of sp³-hybridized carbons (Fsp3) is 0.143. The van der Waals surface area contributed by atoms with Crippen LogP contribution < -0.4 is 10.5 Å². The molecule has 0 fully saturated rings. The number of nitrogens with two attached hydrogens (primary N) is 1. The molecule has 0 saturated heterocycles. The van der Waals surface area contributed by atoms with Crippen LogP contribution in [0.15, 0.2) is 12.4 Å². The van der Waals surface area contributed by atoms with Crippen LogP contribution in [-0.2, 0) is 0 Å². The lowest BCUT2D eigenvalue weighted by Crippen LogP contribution is -2.06. The highest BCUT2D eigenvalue weighted by atomic mass is 16.5. The number of hydrogen-bond acceptors (Lipinski definition) is 4. The molecule has 0 bridgehead atoms. The molecule has 4 heteroatoms. The number of ether oxygens (including phenoxy) is 1. The van der Waals surface area contributed by atoms with E-state index in [1.165, 1.54) is 6.33 Å². The summed E-state index contributed by atoms with van der Waals surface area (Å²) in [5, 5.41) is 0. The molecule has 0 aromatic carbocycles. The van der Waals surface area contributed by atoms with Crippen molar-refractivity contribution in [2.75, 3.05) is 12.3 Å². The van der Waals surface area contributed by atoms with Crippen molar-refractivity contribution in [2.24, 2.45) is 0 Å². The van der Waals surface area contributed by atoms with Crippen LogP contribution >= 0.6 is 0 Å². The highest BCUT2D eigenvalue weighted by Gasteiger charge is 2.09. The zero-order chi connectivity index (χ0) is 7.68. The molecule has 0 saturated carbocycles. The van der Waals surface area contributed by atoms with Crippen LogP contribution in [-0.4, -0.2) is 16.6 Å². The van der Waals surface area contributed by atoms with E-state index in [4.69, 9.17) is 10.5 Å². The second kappa shape index (κ2) is 2.23. The van der Waals surface area contributed by atoms with Crippen LogP contribution in [0.2, 0.25) is 0 Å². The van der Waals surface area contributed by atoms with Crippen LogP contribution in [0, 0.1) is 0 Å². The van der Waals surface area contributed by atoms with Crippen LogP contribution in [0.25, 0.3) is 6.08 Å². The van der Waals surface area contributed by atoms with Gasteiger partial charge in [0.05, 0.1) is 5.56 Å². The zero-order valence-corrected chi connectivity index (χ0v) is 5.82. The molecule has 1 aromatic heterocycles. The van der Waals surface area contributed by atoms with Gasteiger partial charge in [0.15, 0.2) is 0 Å². The molecule has 0 amide bonds. The van der Waals surface area contributed by atoms with E-state index in [2.05, 4.69) is 9.97 Å². The molecule has 2 rings (SSSR count). The molecular weight excluding hydrogens is 142 g/mol. The summed E-state index contributed by atoms with van der Waals surface area (Å²) in [5.74, 6) is 1.03. The maximum absolute atomic E-state index is 5.56. The monoisotopic (exact) mass is 149 g/mol. The summed E-state index contributed by atoms with van der Waals surface area (Å²) in [6.45, 7) is 0.559. The average Bonchev–Trinajstić information content (AvgIpc) is 2.06. The zero-order valence-electron chi connectivity index (χ0n) is 5.82. The Labute approximate surface area is 63.7 Å². The molecule has 2 N–H and O–H groups in total. The van der Waals surface area contributed by atoms with Gasteiger partial charge in [-0.2, -0.15) is 0 Å². The van der Waals surface area contributed by atoms with Crippen molar-refractivity contribution in [3.8, 4) is 5.88 Å². The van der Waals surface area contributed by atoms with Crippen molar-refractivity contribution in [1.29, 1.82) is 0 Å². The Bertz CT molecular complexity index is 309. The van der Waals surface area contributed by atoms with Gasteiger partial charge < -0.3 is 10.5 Å². The van der Waals surface area contributed by atoms with Crippen LogP contribution in [0.5, 0.6) is 5.88 Å². The Morgan fingerprint density at radius 1 is 1.45 bits per heavy atom. The van der Waals surface area contributed by atoms with E-state index < -0.39 is 0 Å². The normalized spacial score (nSPS) is 13.8. The van der Waals surface area contributed by atoms with Gasteiger partial charge in [-0.15, -0.1) is 0 Å². The number of fused-ring (bicyclic) bond motifs is 1. The van der Waals surface area contributed by atoms with Crippen LogP contribution in [0.1, 0.15) is 5.56 Å². The van der Waals surface area contributed by atoms with Crippen molar-refractivity contribution in [3.05, 3.63) is 18.0 Å². The van der Waals surface area contributed by atoms with Gasteiger partial charge in [-0.05, 0) is 12.2 Å². The highest BCUT2D eigenvalue weighted by molar-refractivity contribution is 5.66. The maximum atomic E-state index is 5.56. The lowest BCUT2D eigenvalue weighted by molar-refractivity contribution is 0.343. The SMILES string of the molecule is Nc1ncnc2c1C=CCO2. The third-order valence-electron chi connectivity index (χ3n) is 1.48. The Hall–Kier alpha value is -1.58. The van der Waals surface area contributed by atoms with Crippen molar-refractivity contribution in [3.63, 3.8) is 0 Å². The van der Waals surface area contributed by atoms with E-state index in [-0.39, 0.29) is 0 Å². The minimum atomic E-state index is 0.464. The van der Waals surface area contributed by atoms with Crippen LogP contribution in [0.3, 0.4) is 0 Å². The quantitative estimate of drug-likeness (QED) is 0.582. The Morgan fingerprint density at radius 3 is 3.18 bits per heavy atom. The summed E-state index contributed by atoms with van der Waals surface area (Å²) in [5.41, 5.74) is 6.34. The summed E-state index contributed by atoms with van der Waals surface area (Å²) in [6, 6.07) is 0. The van der Waals surface area contributed by atoms with Gasteiger partial charge in [0.2, 0.25) is 5.88 Å². The molecule has 0 unspecified atom stereocenters. The van der Waals surface area contributed by atoms with Crippen LogP contribution in [0.4, 0.5) is 5.82 Å². The fourth-order valence-corrected chi connectivity index (χ4v) is 0.957. The van der Waals surface area contributed by atoms with Crippen molar-refractivity contribution < 1.29 is 4.74 Å². The van der Waals surface area contributed by atoms with E-state index in [1.807, 2.05) is 12.2 Å². The average molecular weight is 149 g/mol. The fourth-order valence-electron chi connectivity index (χ4n) is 0.957. The highest BCUT2D eigenvalue weighted by Crippen LogP contribution is 2.23. The predicted molar refractivity (Wildman–Crippen MR) is 41.0 cm³/mol. The molecule has 4 nitrogen and oxygen atoms in total. The third kappa shape index (κ3) is 0.920. The minimum Gasteiger partial charge on any atom is -0.473 e. The van der Waals surface area contributed by atoms with Gasteiger partial charge in [-0.25, -0.2) is 9.97 Å². The molecule has 2 heterocycles. The van der Waals surface area contributed by atoms with Gasteiger partial charge in [-0.3, -0.25) is 0 Å². The molecule has 0 spiro atoms. The van der Waals surface area contributed by atoms with Crippen molar-refractivity contribution in [2.45, 2.75) is 0 Å². The molecule has 11 heavy (non-hydrogen) atoms. The maximum Gasteiger partial charge on any atom is 0.226 e. The third-order valence-corrected chi connectivity index (χ3v) is 1.48. The number of aromatic nitrogens is 2. The number of rotatable bonds is 0. The van der Waals surface area contributed by atoms with Gasteiger partial charge in [0.1, 0.15) is 18.8 Å². The molecular formula is C7H7N3O. The second-order valence-corrected chi connectivity index (χ2v) is 2.19. The first-order valence-corrected chi connectivity index (χ1v) is 3.28. The molecule has 1 aliphatic heterocycles. The van der Waals surface area contributed by atoms with Crippen molar-refractivity contribution in [1.82, 2.24) is 9.97 Å². The molecule has 1 aliphatic rings. The summed E-state index contributed by atoms with van der Waals surface area (Å²) in [6.07, 6.45) is 5.14. The number of hydrogen-bond donors (Lipinski definition) is 1. The molecule has 0 aliphatic carbocycles. The molecule has 0 radical (unpaired) electrons. The summed E-state index contributed by atoms with van der Waals surface area (Å²) in [7, 11) is 0. The molecule has 56 valence electrons. The standard InChI is InChI=1S/C7H7N3O/c8-6-5-2-1-3-11-7(5)10-4-9-6/h1-2,4H,3H2,(H2,8,9,10). The van der Waals surface area contributed by atoms with Gasteiger partial charge in [0.25, 0.3) is 0 Å². The van der Waals surface area contributed by atoms with E-state index in [1.54, 1.807) is 0 Å². The number of nitrogen functional groups attached to an aromatic ring is 1. The second-order valence-electron chi connectivity index (χ2n) is 2.19. The Kier molecular flexibility index (Phi) is 1.25. The van der Waals surface area contributed by atoms with E-state index >= 15 is 0 Å². The first-order valence-electron chi connectivity index (χ1n) is 3.28. The predicted octanol–water partition coefficient (Wildman–Crippen LogP) is 0.464. The summed E-state index contributed by atoms with van der Waals surface area (Å²) in [4.78, 5) is 7.74. The van der Waals surface area contributed by atoms with E-state index in [0.717, 1.165) is 5.56 Å². The van der Waals surface area contributed by atoms with E-state index in [0.29, 0.717) is 18.3 Å². The smallest absolute Gasteiger partial charge is 0.226 e. The van der Waals surface area contributed by atoms with Gasteiger partial charge in [-0.1, -0.05) is 0 Å². The summed E-state index contributed by atoms with van der Waals surface area (Å²) < 4.78 is 5.19. The lowest BCUT2D eigenvalue weighted by Gasteiger charge is -2.10. The number of nitrogens with zero attached hydrogens (tertiary/aromatic N) is 2. The minimum absolute atomic E-state index is 0.464. The lowest BCUT2D eigenvalue weighted by atomic mass is 10.2. The first kappa shape index (κ1) is 6.15. The van der Waals surface area contributed by atoms with E-state index in [9.17, 15) is 0 Å². The van der Waals surface area contributed by atoms with Gasteiger partial charge in [0, 0.05) is 0 Å². The molecule has 1 aromatic rings. The summed E-state index contributed by atoms with van der Waals surface area (Å²) >= 11 is 0.